The summed E-state index contributed by atoms with van der Waals surface area (Å²) in [5.41, 5.74) is 0.451. The lowest BCUT2D eigenvalue weighted by molar-refractivity contribution is -0.125. The first-order valence-corrected chi connectivity index (χ1v) is 7.72. The molecule has 0 aromatic rings. The molecule has 0 bridgehead atoms. The van der Waals surface area contributed by atoms with Crippen molar-refractivity contribution in [2.24, 2.45) is 17.3 Å². The van der Waals surface area contributed by atoms with Gasteiger partial charge in [0.15, 0.2) is 0 Å². The number of hydrogen-bond donors (Lipinski definition) is 0. The van der Waals surface area contributed by atoms with Gasteiger partial charge in [-0.3, -0.25) is 4.79 Å². The van der Waals surface area contributed by atoms with E-state index in [1.54, 1.807) is 0 Å². The third-order valence-electron chi connectivity index (χ3n) is 4.97. The van der Waals surface area contributed by atoms with Crippen LogP contribution in [0.25, 0.3) is 0 Å². The van der Waals surface area contributed by atoms with Gasteiger partial charge in [0.05, 0.1) is 0 Å². The van der Waals surface area contributed by atoms with Crippen molar-refractivity contribution in [1.82, 2.24) is 4.90 Å². The minimum atomic E-state index is 0.352. The van der Waals surface area contributed by atoms with Crippen LogP contribution in [0.3, 0.4) is 0 Å². The molecule has 0 aromatic carbocycles. The Kier molecular flexibility index (Phi) is 4.47. The fourth-order valence-corrected chi connectivity index (χ4v) is 3.54. The molecular formula is C16H29NO. The van der Waals surface area contributed by atoms with E-state index < -0.39 is 0 Å². The molecule has 104 valence electrons. The minimum absolute atomic E-state index is 0.352. The Morgan fingerprint density at radius 1 is 1.11 bits per heavy atom. The molecule has 2 rings (SSSR count). The Morgan fingerprint density at radius 2 is 1.78 bits per heavy atom. The number of hydrogen-bond acceptors (Lipinski definition) is 2. The molecule has 0 N–H and O–H groups in total. The van der Waals surface area contributed by atoms with Crippen LogP contribution in [0.15, 0.2) is 0 Å². The van der Waals surface area contributed by atoms with Gasteiger partial charge in [0.2, 0.25) is 0 Å². The molecule has 0 amide bonds. The Hall–Kier alpha value is -0.370. The number of ketones is 1. The van der Waals surface area contributed by atoms with Crippen LogP contribution in [0, 0.1) is 17.3 Å². The maximum Gasteiger partial charge on any atom is 0.137 e. The fourth-order valence-electron chi connectivity index (χ4n) is 3.54. The normalized spacial score (nSPS) is 28.6. The van der Waals surface area contributed by atoms with Gasteiger partial charge in [0.1, 0.15) is 5.78 Å². The van der Waals surface area contributed by atoms with Crippen molar-refractivity contribution in [3.63, 3.8) is 0 Å². The van der Waals surface area contributed by atoms with Gasteiger partial charge in [-0.1, -0.05) is 27.2 Å². The highest BCUT2D eigenvalue weighted by atomic mass is 16.1. The van der Waals surface area contributed by atoms with Crippen molar-refractivity contribution in [2.75, 3.05) is 19.6 Å². The van der Waals surface area contributed by atoms with Gasteiger partial charge in [0, 0.05) is 18.9 Å². The van der Waals surface area contributed by atoms with Crippen molar-refractivity contribution in [3.05, 3.63) is 0 Å². The lowest BCUT2D eigenvalue weighted by Gasteiger charge is -2.40. The zero-order valence-corrected chi connectivity index (χ0v) is 12.4. The van der Waals surface area contributed by atoms with Crippen LogP contribution >= 0.6 is 0 Å². The van der Waals surface area contributed by atoms with E-state index in [0.29, 0.717) is 17.1 Å². The maximum absolute atomic E-state index is 11.9. The molecule has 1 aliphatic carbocycles. The molecular weight excluding hydrogens is 222 g/mol. The first kappa shape index (κ1) is 14.0. The fraction of sp³-hybridized carbons (Fsp3) is 0.938. The molecule has 0 aromatic heterocycles. The van der Waals surface area contributed by atoms with Crippen LogP contribution in [-0.4, -0.2) is 30.3 Å². The van der Waals surface area contributed by atoms with Crippen LogP contribution in [0.2, 0.25) is 0 Å². The number of likely N-dealkylation sites (tertiary alicyclic amines) is 1. The second kappa shape index (κ2) is 5.73. The van der Waals surface area contributed by atoms with Gasteiger partial charge >= 0.3 is 0 Å². The zero-order chi connectivity index (χ0) is 13.2. The summed E-state index contributed by atoms with van der Waals surface area (Å²) >= 11 is 0. The summed E-state index contributed by atoms with van der Waals surface area (Å²) in [6.45, 7) is 10.5. The summed E-state index contributed by atoms with van der Waals surface area (Å²) in [6, 6.07) is 0. The molecule has 2 heteroatoms. The first-order valence-electron chi connectivity index (χ1n) is 7.72. The maximum atomic E-state index is 11.9. The summed E-state index contributed by atoms with van der Waals surface area (Å²) < 4.78 is 0. The second-order valence-electron chi connectivity index (χ2n) is 7.35. The number of carbonyl (C=O) groups excluding carboxylic acids is 1. The Bertz CT molecular complexity index is 284. The van der Waals surface area contributed by atoms with Crippen LogP contribution in [0.4, 0.5) is 0 Å². The molecule has 1 atom stereocenters. The number of Topliss-reactive ketones (excluding diaryl/α,β-unsaturated/α-hetero) is 1. The molecule has 0 spiro atoms. The van der Waals surface area contributed by atoms with Crippen molar-refractivity contribution in [1.29, 1.82) is 0 Å². The standard InChI is InChI=1S/C16H29NO/c1-16(2,3)14-8-10-17(11-9-14)12-13-6-4-5-7-15(13)18/h13-14H,4-12H2,1-3H3. The van der Waals surface area contributed by atoms with E-state index in [4.69, 9.17) is 0 Å². The third-order valence-corrected chi connectivity index (χ3v) is 4.97. The lowest BCUT2D eigenvalue weighted by atomic mass is 9.75. The Balaban J connectivity index is 1.78. The lowest BCUT2D eigenvalue weighted by Crippen LogP contribution is -2.42. The Morgan fingerprint density at radius 3 is 2.33 bits per heavy atom. The quantitative estimate of drug-likeness (QED) is 0.748. The third kappa shape index (κ3) is 3.57. The van der Waals surface area contributed by atoms with E-state index in [0.717, 1.165) is 31.7 Å². The Labute approximate surface area is 112 Å². The summed E-state index contributed by atoms with van der Waals surface area (Å²) in [6.07, 6.45) is 6.98. The molecule has 2 fully saturated rings. The van der Waals surface area contributed by atoms with Gasteiger partial charge in [-0.2, -0.15) is 0 Å². The summed E-state index contributed by atoms with van der Waals surface area (Å²) in [5.74, 6) is 1.74. The summed E-state index contributed by atoms with van der Waals surface area (Å²) in [4.78, 5) is 14.4. The number of rotatable bonds is 2. The van der Waals surface area contributed by atoms with Gasteiger partial charge in [-0.25, -0.2) is 0 Å². The topological polar surface area (TPSA) is 20.3 Å². The smallest absolute Gasteiger partial charge is 0.137 e. The van der Waals surface area contributed by atoms with Gasteiger partial charge in [0.25, 0.3) is 0 Å². The predicted molar refractivity (Wildman–Crippen MR) is 75.6 cm³/mol. The number of carbonyl (C=O) groups is 1. The van der Waals surface area contributed by atoms with E-state index in [2.05, 4.69) is 25.7 Å². The summed E-state index contributed by atoms with van der Waals surface area (Å²) in [7, 11) is 0. The van der Waals surface area contributed by atoms with Crippen LogP contribution in [0.5, 0.6) is 0 Å². The molecule has 0 radical (unpaired) electrons. The van der Waals surface area contributed by atoms with Crippen molar-refractivity contribution < 1.29 is 4.79 Å². The van der Waals surface area contributed by atoms with E-state index >= 15 is 0 Å². The molecule has 1 saturated heterocycles. The first-order chi connectivity index (χ1) is 8.47. The van der Waals surface area contributed by atoms with Crippen molar-refractivity contribution >= 4 is 5.78 Å². The zero-order valence-electron chi connectivity index (χ0n) is 12.4. The van der Waals surface area contributed by atoms with E-state index in [-0.39, 0.29) is 0 Å². The summed E-state index contributed by atoms with van der Waals surface area (Å²) in [5, 5.41) is 0. The number of piperidine rings is 1. The highest BCUT2D eigenvalue weighted by Crippen LogP contribution is 2.34. The van der Waals surface area contributed by atoms with Gasteiger partial charge in [-0.15, -0.1) is 0 Å². The van der Waals surface area contributed by atoms with Crippen LogP contribution in [0.1, 0.15) is 59.3 Å². The van der Waals surface area contributed by atoms with Crippen LogP contribution in [-0.2, 0) is 4.79 Å². The largest absolute Gasteiger partial charge is 0.303 e. The highest BCUT2D eigenvalue weighted by Gasteiger charge is 2.31. The van der Waals surface area contributed by atoms with E-state index in [1.165, 1.54) is 32.4 Å². The number of nitrogens with zero attached hydrogens (tertiary/aromatic N) is 1. The molecule has 1 heterocycles. The van der Waals surface area contributed by atoms with Gasteiger partial charge in [-0.05, 0) is 50.1 Å². The minimum Gasteiger partial charge on any atom is -0.303 e. The van der Waals surface area contributed by atoms with E-state index in [1.807, 2.05) is 0 Å². The molecule has 1 unspecified atom stereocenters. The monoisotopic (exact) mass is 251 g/mol. The average Bonchev–Trinajstić information content (AvgIpc) is 2.32. The molecule has 1 aliphatic heterocycles. The second-order valence-corrected chi connectivity index (χ2v) is 7.35. The molecule has 1 saturated carbocycles. The molecule has 2 nitrogen and oxygen atoms in total. The highest BCUT2D eigenvalue weighted by molar-refractivity contribution is 5.81. The molecule has 2 aliphatic rings. The van der Waals surface area contributed by atoms with Crippen molar-refractivity contribution in [2.45, 2.75) is 59.3 Å². The van der Waals surface area contributed by atoms with E-state index in [9.17, 15) is 4.79 Å². The predicted octanol–water partition coefficient (Wildman–Crippen LogP) is 3.50. The van der Waals surface area contributed by atoms with Gasteiger partial charge < -0.3 is 4.90 Å². The van der Waals surface area contributed by atoms with Crippen molar-refractivity contribution in [3.8, 4) is 0 Å². The average molecular weight is 251 g/mol. The molecule has 18 heavy (non-hydrogen) atoms. The van der Waals surface area contributed by atoms with Crippen LogP contribution < -0.4 is 0 Å². The SMILES string of the molecule is CC(C)(C)C1CCN(CC2CCCCC2=O)CC1.